The number of nitrogens with zero attached hydrogens (tertiary/aromatic N) is 5. The molecule has 2 N–H and O–H groups in total. The number of aromatic nitrogens is 2. The van der Waals surface area contributed by atoms with Gasteiger partial charge in [0.2, 0.25) is 0 Å². The second kappa shape index (κ2) is 10.8. The van der Waals surface area contributed by atoms with Crippen LogP contribution in [0.3, 0.4) is 0 Å². The number of nitrogens with two attached hydrogens (primary N) is 1. The summed E-state index contributed by atoms with van der Waals surface area (Å²) in [6.07, 6.45) is 6.10. The lowest BCUT2D eigenvalue weighted by Gasteiger charge is -2.13. The fourth-order valence-corrected chi connectivity index (χ4v) is 5.33. The number of amides is 2. The summed E-state index contributed by atoms with van der Waals surface area (Å²) in [5.41, 5.74) is 9.85. The van der Waals surface area contributed by atoms with Gasteiger partial charge in [-0.25, -0.2) is 0 Å². The summed E-state index contributed by atoms with van der Waals surface area (Å²) < 4.78 is 4.11. The van der Waals surface area contributed by atoms with Crippen LogP contribution in [0.4, 0.5) is 0 Å². The molecule has 0 aliphatic carbocycles. The predicted molar refractivity (Wildman–Crippen MR) is 146 cm³/mol. The molecule has 2 aromatic carbocycles. The zero-order chi connectivity index (χ0) is 26.6. The summed E-state index contributed by atoms with van der Waals surface area (Å²) in [5.74, 6) is -0.701. The molecule has 3 heterocycles. The van der Waals surface area contributed by atoms with E-state index in [0.29, 0.717) is 61.0 Å². The lowest BCUT2D eigenvalue weighted by molar-refractivity contribution is -0.135. The minimum Gasteiger partial charge on any atom is -0.347 e. The van der Waals surface area contributed by atoms with Gasteiger partial charge in [0, 0.05) is 84.3 Å². The van der Waals surface area contributed by atoms with Crippen molar-refractivity contribution in [1.29, 1.82) is 10.5 Å². The third-order valence-corrected chi connectivity index (χ3v) is 7.01. The minimum absolute atomic E-state index is 0.131. The Morgan fingerprint density at radius 1 is 0.684 bits per heavy atom. The van der Waals surface area contributed by atoms with Crippen LogP contribution in [0, 0.1) is 22.7 Å². The summed E-state index contributed by atoms with van der Waals surface area (Å²) in [6, 6.07) is 20.0. The number of hydrogen-bond donors (Lipinski definition) is 1. The molecule has 2 amide bonds. The Hall–Kier alpha value is -4.66. The summed E-state index contributed by atoms with van der Waals surface area (Å²) in [5, 5.41) is 19.8. The van der Waals surface area contributed by atoms with Gasteiger partial charge in [-0.15, -0.1) is 0 Å². The highest BCUT2D eigenvalue weighted by molar-refractivity contribution is 6.50. The second-order valence-corrected chi connectivity index (χ2v) is 9.33. The van der Waals surface area contributed by atoms with E-state index in [1.54, 1.807) is 0 Å². The Kier molecular flexibility index (Phi) is 7.08. The maximum Gasteiger partial charge on any atom is 0.262 e. The molecular weight excluding hydrogens is 476 g/mol. The summed E-state index contributed by atoms with van der Waals surface area (Å²) in [6.45, 7) is 1.56. The van der Waals surface area contributed by atoms with Crippen LogP contribution < -0.4 is 5.73 Å². The lowest BCUT2D eigenvalue weighted by atomic mass is 9.95. The van der Waals surface area contributed by atoms with Crippen LogP contribution in [0.2, 0.25) is 0 Å². The Bertz CT molecular complexity index is 1540. The normalized spacial score (nSPS) is 13.6. The molecule has 8 heteroatoms. The Morgan fingerprint density at radius 3 is 1.55 bits per heavy atom. The van der Waals surface area contributed by atoms with Gasteiger partial charge in [0.15, 0.2) is 0 Å². The van der Waals surface area contributed by atoms with Crippen molar-refractivity contribution < 1.29 is 9.59 Å². The van der Waals surface area contributed by atoms with E-state index in [0.717, 1.165) is 21.8 Å². The molecule has 190 valence electrons. The average molecular weight is 505 g/mol. The molecule has 5 rings (SSSR count). The topological polar surface area (TPSA) is 121 Å². The van der Waals surface area contributed by atoms with Gasteiger partial charge >= 0.3 is 0 Å². The summed E-state index contributed by atoms with van der Waals surface area (Å²) in [7, 11) is 0. The highest BCUT2D eigenvalue weighted by Gasteiger charge is 2.41. The molecule has 2 aromatic heterocycles. The molecule has 0 bridgehead atoms. The fourth-order valence-electron chi connectivity index (χ4n) is 5.33. The molecule has 4 aromatic rings. The number of rotatable bonds is 10. The van der Waals surface area contributed by atoms with Gasteiger partial charge in [-0.3, -0.25) is 14.5 Å². The zero-order valence-electron chi connectivity index (χ0n) is 21.1. The van der Waals surface area contributed by atoms with Crippen molar-refractivity contribution in [1.82, 2.24) is 14.0 Å². The Balaban J connectivity index is 1.74. The Morgan fingerprint density at radius 2 is 1.13 bits per heavy atom. The number of aryl methyl sites for hydroxylation is 2. The molecule has 1 aliphatic rings. The number of unbranched alkanes of at least 4 members (excludes halogenated alkanes) is 2. The van der Waals surface area contributed by atoms with Gasteiger partial charge in [0.1, 0.15) is 0 Å². The Labute approximate surface area is 220 Å². The SMILES string of the molecule is N#CCCCn1cc(C2=C(c3cn(CCCC#N)c4ccccc34)C(=O)N(CCN)C2=O)c2ccccc21. The lowest BCUT2D eigenvalue weighted by Crippen LogP contribution is -2.35. The molecule has 0 radical (unpaired) electrons. The molecule has 0 unspecified atom stereocenters. The van der Waals surface area contributed by atoms with Gasteiger partial charge in [-0.05, 0) is 25.0 Å². The molecule has 38 heavy (non-hydrogen) atoms. The van der Waals surface area contributed by atoms with Crippen molar-refractivity contribution in [3.8, 4) is 12.1 Å². The average Bonchev–Trinajstić information content (AvgIpc) is 3.55. The molecule has 0 saturated heterocycles. The fraction of sp³-hybridized carbons (Fsp3) is 0.267. The van der Waals surface area contributed by atoms with Crippen LogP contribution in [0.5, 0.6) is 0 Å². The van der Waals surface area contributed by atoms with E-state index < -0.39 is 0 Å². The van der Waals surface area contributed by atoms with Crippen LogP contribution in [0.1, 0.15) is 36.8 Å². The van der Waals surface area contributed by atoms with Crippen LogP contribution in [0.25, 0.3) is 33.0 Å². The van der Waals surface area contributed by atoms with E-state index in [1.807, 2.05) is 60.9 Å². The van der Waals surface area contributed by atoms with Crippen molar-refractivity contribution in [3.63, 3.8) is 0 Å². The molecule has 0 saturated carbocycles. The molecule has 0 spiro atoms. The summed E-state index contributed by atoms with van der Waals surface area (Å²) >= 11 is 0. The van der Waals surface area contributed by atoms with Crippen LogP contribution in [0.15, 0.2) is 60.9 Å². The van der Waals surface area contributed by atoms with Gasteiger partial charge in [-0.2, -0.15) is 10.5 Å². The third kappa shape index (κ3) is 4.26. The van der Waals surface area contributed by atoms with Crippen molar-refractivity contribution in [3.05, 3.63) is 72.1 Å². The van der Waals surface area contributed by atoms with E-state index in [4.69, 9.17) is 16.3 Å². The van der Waals surface area contributed by atoms with Gasteiger partial charge in [0.25, 0.3) is 11.8 Å². The highest BCUT2D eigenvalue weighted by atomic mass is 16.2. The molecule has 0 fully saturated rings. The maximum absolute atomic E-state index is 13.9. The van der Waals surface area contributed by atoms with E-state index in [2.05, 4.69) is 21.3 Å². The number of hydrogen-bond acceptors (Lipinski definition) is 5. The maximum atomic E-state index is 13.9. The van der Waals surface area contributed by atoms with Gasteiger partial charge in [0.05, 0.1) is 23.3 Å². The molecular formula is C30H28N6O2. The largest absolute Gasteiger partial charge is 0.347 e. The van der Waals surface area contributed by atoms with Crippen LogP contribution in [-0.4, -0.2) is 38.9 Å². The number of carbonyl (C=O) groups excluding carboxylic acids is 2. The number of para-hydroxylation sites is 2. The smallest absolute Gasteiger partial charge is 0.262 e. The molecule has 8 nitrogen and oxygen atoms in total. The van der Waals surface area contributed by atoms with Crippen molar-refractivity contribution >= 4 is 44.8 Å². The quantitative estimate of drug-likeness (QED) is 0.253. The van der Waals surface area contributed by atoms with Gasteiger partial charge < -0.3 is 14.9 Å². The zero-order valence-corrected chi connectivity index (χ0v) is 21.1. The first-order valence-corrected chi connectivity index (χ1v) is 12.8. The van der Waals surface area contributed by atoms with E-state index in [9.17, 15) is 9.59 Å². The third-order valence-electron chi connectivity index (χ3n) is 7.01. The first kappa shape index (κ1) is 25.0. The predicted octanol–water partition coefficient (Wildman–Crippen LogP) is 4.44. The summed E-state index contributed by atoms with van der Waals surface area (Å²) in [4.78, 5) is 29.0. The van der Waals surface area contributed by atoms with E-state index >= 15 is 0 Å². The van der Waals surface area contributed by atoms with Crippen LogP contribution in [-0.2, 0) is 22.7 Å². The van der Waals surface area contributed by atoms with E-state index in [1.165, 1.54) is 4.90 Å². The van der Waals surface area contributed by atoms with Gasteiger partial charge in [-0.1, -0.05) is 36.4 Å². The monoisotopic (exact) mass is 504 g/mol. The molecule has 1 aliphatic heterocycles. The van der Waals surface area contributed by atoms with E-state index in [-0.39, 0.29) is 24.9 Å². The standard InChI is InChI=1S/C30H28N6O2/c31-13-5-7-16-34-19-23(21-9-1-3-11-25(21)34)27-28(30(38)36(18-15-33)29(27)37)24-20-35(17-8-6-14-32)26-12-4-2-10-22(24)26/h1-4,9-12,19-20H,5-8,15-18,33H2. The number of carbonyl (C=O) groups is 2. The van der Waals surface area contributed by atoms with Crippen molar-refractivity contribution in [2.24, 2.45) is 5.73 Å². The highest BCUT2D eigenvalue weighted by Crippen LogP contribution is 2.41. The first-order chi connectivity index (χ1) is 18.6. The number of imide groups is 1. The second-order valence-electron chi connectivity index (χ2n) is 9.33. The number of benzene rings is 2. The van der Waals surface area contributed by atoms with Crippen molar-refractivity contribution in [2.45, 2.75) is 38.8 Å². The number of nitriles is 2. The molecule has 0 atom stereocenters. The first-order valence-electron chi connectivity index (χ1n) is 12.8. The minimum atomic E-state index is -0.350. The van der Waals surface area contributed by atoms with Crippen LogP contribution >= 0.6 is 0 Å². The number of fused-ring (bicyclic) bond motifs is 2. The van der Waals surface area contributed by atoms with Crippen molar-refractivity contribution in [2.75, 3.05) is 13.1 Å².